The van der Waals surface area contributed by atoms with E-state index in [1.54, 1.807) is 13.8 Å². The Morgan fingerprint density at radius 2 is 1.95 bits per heavy atom. The van der Waals surface area contributed by atoms with E-state index in [0.29, 0.717) is 24.9 Å². The van der Waals surface area contributed by atoms with Crippen LogP contribution in [0.3, 0.4) is 0 Å². The van der Waals surface area contributed by atoms with Crippen molar-refractivity contribution in [1.82, 2.24) is 10.3 Å². The molecular weight excluding hydrogens is 280 g/mol. The maximum absolute atomic E-state index is 9.71. The molecule has 6 nitrogen and oxygen atoms in total. The van der Waals surface area contributed by atoms with Gasteiger partial charge in [-0.15, -0.1) is 0 Å². The normalized spacial score (nSPS) is 22.5. The van der Waals surface area contributed by atoms with Crippen molar-refractivity contribution in [2.24, 2.45) is 0 Å². The molecule has 2 rings (SSSR count). The summed E-state index contributed by atoms with van der Waals surface area (Å²) >= 11 is 0. The van der Waals surface area contributed by atoms with Crippen LogP contribution in [0.5, 0.6) is 0 Å². The smallest absolute Gasteiger partial charge is 0.128 e. The van der Waals surface area contributed by atoms with E-state index in [2.05, 4.69) is 15.6 Å². The molecule has 1 saturated carbocycles. The first kappa shape index (κ1) is 17.0. The summed E-state index contributed by atoms with van der Waals surface area (Å²) in [6.07, 6.45) is 3.40. The second-order valence-corrected chi connectivity index (χ2v) is 6.85. The zero-order chi connectivity index (χ0) is 16.2. The third-order valence-corrected chi connectivity index (χ3v) is 3.84. The van der Waals surface area contributed by atoms with Crippen LogP contribution in [0.2, 0.25) is 0 Å². The molecular formula is C16H28N4O2. The molecule has 1 aliphatic rings. The summed E-state index contributed by atoms with van der Waals surface area (Å²) in [5.41, 5.74) is 6.18. The van der Waals surface area contributed by atoms with E-state index in [4.69, 9.17) is 5.73 Å². The lowest BCUT2D eigenvalue weighted by Crippen LogP contribution is -2.34. The second-order valence-electron chi connectivity index (χ2n) is 6.85. The van der Waals surface area contributed by atoms with Gasteiger partial charge in [0.15, 0.2) is 0 Å². The van der Waals surface area contributed by atoms with Crippen LogP contribution in [-0.2, 0) is 6.54 Å². The Kier molecular flexibility index (Phi) is 5.61. The first-order chi connectivity index (χ1) is 10.3. The molecule has 0 aliphatic heterocycles. The average molecular weight is 308 g/mol. The quantitative estimate of drug-likeness (QED) is 0.542. The van der Waals surface area contributed by atoms with Gasteiger partial charge in [-0.3, -0.25) is 0 Å². The summed E-state index contributed by atoms with van der Waals surface area (Å²) < 4.78 is 0. The molecule has 124 valence electrons. The topological polar surface area (TPSA) is 103 Å². The monoisotopic (exact) mass is 308 g/mol. The second kappa shape index (κ2) is 7.26. The van der Waals surface area contributed by atoms with Gasteiger partial charge in [-0.1, -0.05) is 0 Å². The van der Waals surface area contributed by atoms with Gasteiger partial charge in [0, 0.05) is 19.1 Å². The van der Waals surface area contributed by atoms with Gasteiger partial charge in [0.2, 0.25) is 0 Å². The van der Waals surface area contributed by atoms with Crippen molar-refractivity contribution in [2.75, 3.05) is 17.6 Å². The number of anilines is 2. The fourth-order valence-electron chi connectivity index (χ4n) is 2.73. The molecule has 1 aromatic rings. The van der Waals surface area contributed by atoms with Crippen molar-refractivity contribution in [2.45, 2.75) is 63.8 Å². The van der Waals surface area contributed by atoms with E-state index in [9.17, 15) is 10.2 Å². The van der Waals surface area contributed by atoms with Gasteiger partial charge in [0.25, 0.3) is 0 Å². The number of nitrogens with two attached hydrogens (primary N) is 1. The molecule has 0 atom stereocenters. The van der Waals surface area contributed by atoms with Crippen molar-refractivity contribution in [3.63, 3.8) is 0 Å². The van der Waals surface area contributed by atoms with Gasteiger partial charge in [-0.25, -0.2) is 4.98 Å². The van der Waals surface area contributed by atoms with Crippen LogP contribution >= 0.6 is 0 Å². The highest BCUT2D eigenvalue weighted by atomic mass is 16.3. The van der Waals surface area contributed by atoms with Crippen LogP contribution in [-0.4, -0.2) is 39.5 Å². The van der Waals surface area contributed by atoms with Crippen molar-refractivity contribution >= 4 is 11.6 Å². The standard InChI is InChI=1S/C16H28N4O2/c1-16(2,22)10-18-9-11-7-14(17)20-15(8-11)19-12-3-5-13(21)6-4-12/h7-8,12-13,18,21-22H,3-6,9-10H2,1-2H3,(H3,17,19,20). The zero-order valence-electron chi connectivity index (χ0n) is 13.5. The molecule has 0 saturated heterocycles. The number of aliphatic hydroxyl groups is 2. The molecule has 1 aliphatic carbocycles. The maximum atomic E-state index is 9.71. The third kappa shape index (κ3) is 5.79. The van der Waals surface area contributed by atoms with E-state index in [1.165, 1.54) is 0 Å². The molecule has 0 unspecified atom stereocenters. The van der Waals surface area contributed by atoms with Crippen LogP contribution in [0.1, 0.15) is 45.1 Å². The number of nitrogen functional groups attached to an aromatic ring is 1. The van der Waals surface area contributed by atoms with Crippen LogP contribution in [0.15, 0.2) is 12.1 Å². The molecule has 1 heterocycles. The Hall–Kier alpha value is -1.37. The fraction of sp³-hybridized carbons (Fsp3) is 0.688. The van der Waals surface area contributed by atoms with Crippen LogP contribution in [0.25, 0.3) is 0 Å². The van der Waals surface area contributed by atoms with Gasteiger partial charge in [-0.05, 0) is 57.2 Å². The van der Waals surface area contributed by atoms with Gasteiger partial charge in [0.05, 0.1) is 11.7 Å². The number of nitrogens with one attached hydrogen (secondary N) is 2. The highest BCUT2D eigenvalue weighted by Gasteiger charge is 2.19. The summed E-state index contributed by atoms with van der Waals surface area (Å²) in [7, 11) is 0. The number of aliphatic hydroxyl groups excluding tert-OH is 1. The van der Waals surface area contributed by atoms with Crippen molar-refractivity contribution in [1.29, 1.82) is 0 Å². The largest absolute Gasteiger partial charge is 0.393 e. The molecule has 6 N–H and O–H groups in total. The highest BCUT2D eigenvalue weighted by molar-refractivity contribution is 5.47. The Bertz CT molecular complexity index is 480. The summed E-state index contributed by atoms with van der Waals surface area (Å²) in [5, 5.41) is 25.9. The predicted octanol–water partition coefficient (Wildman–Crippen LogP) is 1.24. The summed E-state index contributed by atoms with van der Waals surface area (Å²) in [4.78, 5) is 4.33. The minimum absolute atomic E-state index is 0.159. The zero-order valence-corrected chi connectivity index (χ0v) is 13.5. The Balaban J connectivity index is 1.91. The van der Waals surface area contributed by atoms with Gasteiger partial charge >= 0.3 is 0 Å². The van der Waals surface area contributed by atoms with Crippen LogP contribution in [0, 0.1) is 0 Å². The van der Waals surface area contributed by atoms with Crippen molar-refractivity contribution in [3.05, 3.63) is 17.7 Å². The van der Waals surface area contributed by atoms with Crippen LogP contribution < -0.4 is 16.4 Å². The molecule has 0 bridgehead atoms. The minimum Gasteiger partial charge on any atom is -0.393 e. The van der Waals surface area contributed by atoms with Crippen molar-refractivity contribution in [3.8, 4) is 0 Å². The number of nitrogens with zero attached hydrogens (tertiary/aromatic N) is 1. The van der Waals surface area contributed by atoms with Gasteiger partial charge in [0.1, 0.15) is 11.6 Å². The van der Waals surface area contributed by atoms with Crippen molar-refractivity contribution < 1.29 is 10.2 Å². The van der Waals surface area contributed by atoms with Crippen LogP contribution in [0.4, 0.5) is 11.6 Å². The van der Waals surface area contributed by atoms with E-state index in [-0.39, 0.29) is 6.10 Å². The highest BCUT2D eigenvalue weighted by Crippen LogP contribution is 2.22. The SMILES string of the molecule is CC(C)(O)CNCc1cc(N)nc(NC2CCC(O)CC2)c1. The summed E-state index contributed by atoms with van der Waals surface area (Å²) in [5.74, 6) is 1.27. The Labute approximate surface area is 132 Å². The number of aromatic nitrogens is 1. The molecule has 1 aromatic heterocycles. The summed E-state index contributed by atoms with van der Waals surface area (Å²) in [6, 6.07) is 4.17. The first-order valence-corrected chi connectivity index (χ1v) is 7.96. The van der Waals surface area contributed by atoms with E-state index in [0.717, 1.165) is 37.1 Å². The predicted molar refractivity (Wildman–Crippen MR) is 88.5 cm³/mol. The number of pyridine rings is 1. The Morgan fingerprint density at radius 1 is 1.27 bits per heavy atom. The van der Waals surface area contributed by atoms with E-state index >= 15 is 0 Å². The van der Waals surface area contributed by atoms with Gasteiger partial charge in [-0.2, -0.15) is 0 Å². The molecule has 0 radical (unpaired) electrons. The molecule has 0 amide bonds. The minimum atomic E-state index is -0.734. The number of rotatable bonds is 6. The van der Waals surface area contributed by atoms with E-state index in [1.807, 2.05) is 12.1 Å². The lowest BCUT2D eigenvalue weighted by atomic mass is 9.93. The summed E-state index contributed by atoms with van der Waals surface area (Å²) in [6.45, 7) is 4.68. The average Bonchev–Trinajstić information content (AvgIpc) is 2.39. The molecule has 22 heavy (non-hydrogen) atoms. The maximum Gasteiger partial charge on any atom is 0.128 e. The molecule has 1 fully saturated rings. The number of hydrogen-bond donors (Lipinski definition) is 5. The lowest BCUT2D eigenvalue weighted by molar-refractivity contribution is 0.0795. The Morgan fingerprint density at radius 3 is 2.59 bits per heavy atom. The molecule has 0 aromatic carbocycles. The van der Waals surface area contributed by atoms with E-state index < -0.39 is 5.60 Å². The number of hydrogen-bond acceptors (Lipinski definition) is 6. The molecule has 6 heteroatoms. The lowest BCUT2D eigenvalue weighted by Gasteiger charge is -2.26. The fourth-order valence-corrected chi connectivity index (χ4v) is 2.73. The first-order valence-electron chi connectivity index (χ1n) is 7.96. The third-order valence-electron chi connectivity index (χ3n) is 3.84. The van der Waals surface area contributed by atoms with Gasteiger partial charge < -0.3 is 26.6 Å². The molecule has 0 spiro atoms.